The zero-order valence-electron chi connectivity index (χ0n) is 15.6. The predicted molar refractivity (Wildman–Crippen MR) is 106 cm³/mol. The molecule has 9 heteroatoms. The molecular weight excluding hydrogens is 386 g/mol. The van der Waals surface area contributed by atoms with Crippen molar-refractivity contribution in [1.29, 1.82) is 0 Å². The van der Waals surface area contributed by atoms with Gasteiger partial charge < -0.3 is 14.4 Å². The molecule has 27 heavy (non-hydrogen) atoms. The number of esters is 1. The number of amides is 2. The molecule has 1 aliphatic heterocycles. The number of ether oxygens (including phenoxy) is 2. The molecular formula is C18H27N3O4S2. The van der Waals surface area contributed by atoms with Crippen molar-refractivity contribution >= 4 is 40.2 Å². The number of thiazole rings is 1. The van der Waals surface area contributed by atoms with E-state index in [4.69, 9.17) is 9.47 Å². The van der Waals surface area contributed by atoms with Crippen LogP contribution in [-0.2, 0) is 14.3 Å². The van der Waals surface area contributed by atoms with Gasteiger partial charge in [-0.1, -0.05) is 30.6 Å². The molecule has 2 amide bonds. The Kier molecular flexibility index (Phi) is 7.78. The van der Waals surface area contributed by atoms with Gasteiger partial charge >= 0.3 is 12.0 Å². The van der Waals surface area contributed by atoms with E-state index in [9.17, 15) is 9.59 Å². The Bertz CT molecular complexity index is 628. The van der Waals surface area contributed by atoms with Crippen LogP contribution in [0.5, 0.6) is 0 Å². The molecule has 1 saturated heterocycles. The second kappa shape index (κ2) is 10.3. The summed E-state index contributed by atoms with van der Waals surface area (Å²) >= 11 is 2.76. The number of thioether (sulfide) groups is 1. The van der Waals surface area contributed by atoms with E-state index in [2.05, 4.69) is 10.3 Å². The van der Waals surface area contributed by atoms with E-state index in [1.54, 1.807) is 13.1 Å². The summed E-state index contributed by atoms with van der Waals surface area (Å²) < 4.78 is 11.3. The van der Waals surface area contributed by atoms with Gasteiger partial charge in [-0.3, -0.25) is 10.1 Å². The minimum Gasteiger partial charge on any atom is -0.465 e. The Hall–Kier alpha value is -1.32. The molecule has 0 radical (unpaired) electrons. The van der Waals surface area contributed by atoms with E-state index < -0.39 is 0 Å². The fraction of sp³-hybridized carbons (Fsp3) is 0.722. The van der Waals surface area contributed by atoms with Crippen LogP contribution in [0.15, 0.2) is 10.4 Å². The molecule has 1 atom stereocenters. The third-order valence-electron chi connectivity index (χ3n) is 4.84. The van der Waals surface area contributed by atoms with Crippen LogP contribution in [0.3, 0.4) is 0 Å². The quantitative estimate of drug-likeness (QED) is 0.542. The smallest absolute Gasteiger partial charge is 0.324 e. The van der Waals surface area contributed by atoms with Gasteiger partial charge in [0.05, 0.1) is 35.4 Å². The first-order valence-corrected chi connectivity index (χ1v) is 11.4. The minimum atomic E-state index is -0.244. The normalized spacial score (nSPS) is 20.4. The van der Waals surface area contributed by atoms with Crippen molar-refractivity contribution in [1.82, 2.24) is 9.88 Å². The van der Waals surface area contributed by atoms with Crippen LogP contribution in [0.4, 0.5) is 9.93 Å². The summed E-state index contributed by atoms with van der Waals surface area (Å²) in [6.45, 7) is 3.50. The number of nitrogens with zero attached hydrogens (tertiary/aromatic N) is 2. The van der Waals surface area contributed by atoms with E-state index in [1.165, 1.54) is 42.4 Å². The van der Waals surface area contributed by atoms with Crippen molar-refractivity contribution in [2.45, 2.75) is 61.7 Å². The number of hydrogen-bond acceptors (Lipinski definition) is 7. The summed E-state index contributed by atoms with van der Waals surface area (Å²) in [5.41, 5.74) is 0. The summed E-state index contributed by atoms with van der Waals surface area (Å²) in [6.07, 6.45) is 8.30. The zero-order valence-corrected chi connectivity index (χ0v) is 17.3. The molecule has 1 saturated carbocycles. The largest absolute Gasteiger partial charge is 0.465 e. The maximum atomic E-state index is 13.0. The van der Waals surface area contributed by atoms with Gasteiger partial charge in [-0.2, -0.15) is 0 Å². The van der Waals surface area contributed by atoms with Crippen LogP contribution < -0.4 is 5.32 Å². The lowest BCUT2D eigenvalue weighted by Crippen LogP contribution is -2.50. The maximum absolute atomic E-state index is 13.0. The molecule has 150 valence electrons. The van der Waals surface area contributed by atoms with Crippen LogP contribution in [-0.4, -0.2) is 59.5 Å². The van der Waals surface area contributed by atoms with Crippen molar-refractivity contribution in [3.8, 4) is 0 Å². The highest BCUT2D eigenvalue weighted by atomic mass is 32.2. The topological polar surface area (TPSA) is 80.8 Å². The Balaban J connectivity index is 1.59. The van der Waals surface area contributed by atoms with Crippen LogP contribution in [0.2, 0.25) is 0 Å². The number of nitrogens with one attached hydrogen (secondary N) is 1. The third-order valence-corrected chi connectivity index (χ3v) is 6.92. The molecule has 7 nitrogen and oxygen atoms in total. The van der Waals surface area contributed by atoms with Crippen molar-refractivity contribution in [2.75, 3.05) is 30.9 Å². The van der Waals surface area contributed by atoms with Gasteiger partial charge in [0.2, 0.25) is 0 Å². The Morgan fingerprint density at radius 2 is 2.15 bits per heavy atom. The molecule has 2 aliphatic rings. The summed E-state index contributed by atoms with van der Waals surface area (Å²) in [6, 6.07) is 0.336. The summed E-state index contributed by atoms with van der Waals surface area (Å²) in [4.78, 5) is 30.8. The molecule has 1 N–H and O–H groups in total. The fourth-order valence-corrected chi connectivity index (χ4v) is 5.26. The number of hydrogen-bond donors (Lipinski definition) is 1. The lowest BCUT2D eigenvalue weighted by atomic mass is 9.93. The average Bonchev–Trinajstić information content (AvgIpc) is 3.34. The van der Waals surface area contributed by atoms with Gasteiger partial charge in [-0.15, -0.1) is 11.8 Å². The molecule has 0 aromatic carbocycles. The van der Waals surface area contributed by atoms with Gasteiger partial charge in [0.1, 0.15) is 0 Å². The molecule has 1 aromatic rings. The highest BCUT2D eigenvalue weighted by Gasteiger charge is 2.34. The molecule has 0 spiro atoms. The molecule has 0 bridgehead atoms. The number of rotatable bonds is 7. The van der Waals surface area contributed by atoms with E-state index >= 15 is 0 Å². The lowest BCUT2D eigenvalue weighted by molar-refractivity contribution is -0.139. The number of carbonyl (C=O) groups excluding carboxylic acids is 2. The van der Waals surface area contributed by atoms with Crippen LogP contribution >= 0.6 is 23.1 Å². The van der Waals surface area contributed by atoms with Crippen LogP contribution in [0.1, 0.15) is 45.4 Å². The maximum Gasteiger partial charge on any atom is 0.324 e. The number of carbonyl (C=O) groups is 2. The van der Waals surface area contributed by atoms with Crippen molar-refractivity contribution in [2.24, 2.45) is 0 Å². The molecule has 2 fully saturated rings. The number of aromatic nitrogens is 1. The van der Waals surface area contributed by atoms with E-state index in [0.717, 1.165) is 23.5 Å². The average molecular weight is 414 g/mol. The monoisotopic (exact) mass is 413 g/mol. The highest BCUT2D eigenvalue weighted by molar-refractivity contribution is 8.01. The van der Waals surface area contributed by atoms with E-state index in [-0.39, 0.29) is 29.8 Å². The molecule has 1 unspecified atom stereocenters. The second-order valence-electron chi connectivity index (χ2n) is 6.72. The zero-order chi connectivity index (χ0) is 19.1. The van der Waals surface area contributed by atoms with Gasteiger partial charge in [-0.05, 0) is 26.2 Å². The van der Waals surface area contributed by atoms with Crippen molar-refractivity contribution < 1.29 is 19.1 Å². The predicted octanol–water partition coefficient (Wildman–Crippen LogP) is 3.75. The first-order valence-electron chi connectivity index (χ1n) is 9.58. The SMILES string of the molecule is CCOC(=O)CSc1cnc(NC(=O)N(C2CCCCC2)C2CCOC2)s1. The molecule has 1 aromatic heterocycles. The Morgan fingerprint density at radius 1 is 1.33 bits per heavy atom. The standard InChI is InChI=1S/C18H27N3O4S2/c1-2-25-15(22)12-26-16-10-19-17(27-16)20-18(23)21(14-8-9-24-11-14)13-6-4-3-5-7-13/h10,13-14H,2-9,11-12H2,1H3,(H,19,20,23). The first-order chi connectivity index (χ1) is 13.2. The van der Waals surface area contributed by atoms with Gasteiger partial charge in [-0.25, -0.2) is 9.78 Å². The summed E-state index contributed by atoms with van der Waals surface area (Å²) in [7, 11) is 0. The van der Waals surface area contributed by atoms with E-state index in [1.807, 2.05) is 4.90 Å². The second-order valence-corrected chi connectivity index (χ2v) is 9.03. The highest BCUT2D eigenvalue weighted by Crippen LogP contribution is 2.30. The fourth-order valence-electron chi connectivity index (χ4n) is 3.60. The van der Waals surface area contributed by atoms with Crippen molar-refractivity contribution in [3.63, 3.8) is 0 Å². The van der Waals surface area contributed by atoms with Crippen LogP contribution in [0.25, 0.3) is 0 Å². The van der Waals surface area contributed by atoms with Crippen LogP contribution in [0, 0.1) is 0 Å². The summed E-state index contributed by atoms with van der Waals surface area (Å²) in [5, 5.41) is 3.52. The van der Waals surface area contributed by atoms with Gasteiger partial charge in [0.15, 0.2) is 5.13 Å². The third kappa shape index (κ3) is 5.83. The number of urea groups is 1. The Morgan fingerprint density at radius 3 is 2.85 bits per heavy atom. The summed E-state index contributed by atoms with van der Waals surface area (Å²) in [5.74, 6) is 0.00279. The minimum absolute atomic E-state index is 0.0892. The molecule has 3 rings (SSSR count). The van der Waals surface area contributed by atoms with E-state index in [0.29, 0.717) is 25.0 Å². The van der Waals surface area contributed by atoms with Crippen molar-refractivity contribution in [3.05, 3.63) is 6.20 Å². The number of anilines is 1. The van der Waals surface area contributed by atoms with Gasteiger partial charge in [0.25, 0.3) is 0 Å². The Labute approximate surface area is 168 Å². The lowest BCUT2D eigenvalue weighted by Gasteiger charge is -2.37. The first kappa shape index (κ1) is 20.4. The molecule has 1 aliphatic carbocycles. The van der Waals surface area contributed by atoms with Gasteiger partial charge in [0, 0.05) is 12.6 Å². The molecule has 2 heterocycles.